The zero-order chi connectivity index (χ0) is 15.1. The molecule has 1 heterocycles. The third kappa shape index (κ3) is 4.55. The molecule has 1 rings (SSSR count). The monoisotopic (exact) mass is 346 g/mol. The van der Waals surface area contributed by atoms with Crippen molar-refractivity contribution in [1.29, 1.82) is 0 Å². The van der Waals surface area contributed by atoms with Crippen LogP contribution in [0, 0.1) is 0 Å². The highest BCUT2D eigenvalue weighted by atomic mass is 79.9. The van der Waals surface area contributed by atoms with Crippen LogP contribution in [0.3, 0.4) is 0 Å². The molecule has 6 heteroatoms. The first-order valence-electron chi connectivity index (χ1n) is 7.19. The number of hydrogen-bond acceptors (Lipinski definition) is 4. The van der Waals surface area contributed by atoms with Gasteiger partial charge in [0.25, 0.3) is 0 Å². The summed E-state index contributed by atoms with van der Waals surface area (Å²) in [5, 5.41) is 7.86. The van der Waals surface area contributed by atoms with Crippen molar-refractivity contribution < 1.29 is 4.74 Å². The average Bonchev–Trinajstić information content (AvgIpc) is 2.78. The first-order chi connectivity index (χ1) is 9.54. The van der Waals surface area contributed by atoms with Crippen LogP contribution in [-0.4, -0.2) is 55.1 Å². The maximum atomic E-state index is 5.87. The lowest BCUT2D eigenvalue weighted by Crippen LogP contribution is -2.34. The van der Waals surface area contributed by atoms with Gasteiger partial charge < -0.3 is 15.0 Å². The molecule has 0 saturated carbocycles. The Bertz CT molecular complexity index is 395. The second-order valence-corrected chi connectivity index (χ2v) is 5.93. The van der Waals surface area contributed by atoms with E-state index in [1.165, 1.54) is 0 Å². The van der Waals surface area contributed by atoms with Crippen molar-refractivity contribution in [3.63, 3.8) is 0 Å². The quantitative estimate of drug-likeness (QED) is 0.744. The van der Waals surface area contributed by atoms with Crippen molar-refractivity contribution >= 4 is 15.9 Å². The SMILES string of the molecule is CCOC(CC)C(NC)c1c(Br)cnn1CCN(C)C. The molecule has 1 aromatic rings. The predicted octanol–water partition coefficient (Wildman–Crippen LogP) is 2.28. The molecule has 0 aromatic carbocycles. The second-order valence-electron chi connectivity index (χ2n) is 5.07. The molecule has 0 bridgehead atoms. The number of nitrogens with one attached hydrogen (secondary N) is 1. The molecule has 2 unspecified atom stereocenters. The van der Waals surface area contributed by atoms with Crippen LogP contribution in [0.5, 0.6) is 0 Å². The number of aromatic nitrogens is 2. The summed E-state index contributed by atoms with van der Waals surface area (Å²) in [7, 11) is 6.12. The number of rotatable bonds is 9. The van der Waals surface area contributed by atoms with Crippen LogP contribution in [-0.2, 0) is 11.3 Å². The van der Waals surface area contributed by atoms with E-state index in [2.05, 4.69) is 56.9 Å². The van der Waals surface area contributed by atoms with Crippen LogP contribution in [0.25, 0.3) is 0 Å². The fourth-order valence-corrected chi connectivity index (χ4v) is 2.86. The van der Waals surface area contributed by atoms with E-state index in [4.69, 9.17) is 4.74 Å². The molecule has 0 radical (unpaired) electrons. The minimum absolute atomic E-state index is 0.138. The number of halogens is 1. The first-order valence-corrected chi connectivity index (χ1v) is 7.99. The minimum Gasteiger partial charge on any atom is -0.376 e. The molecule has 0 spiro atoms. The predicted molar refractivity (Wildman–Crippen MR) is 86.0 cm³/mol. The molecule has 1 N–H and O–H groups in total. The van der Waals surface area contributed by atoms with Gasteiger partial charge in [-0.15, -0.1) is 0 Å². The summed E-state index contributed by atoms with van der Waals surface area (Å²) in [5.74, 6) is 0. The molecule has 0 aliphatic rings. The lowest BCUT2D eigenvalue weighted by molar-refractivity contribution is 0.0308. The first kappa shape index (κ1) is 17.6. The molecule has 0 fully saturated rings. The molecule has 0 saturated heterocycles. The molecule has 116 valence electrons. The van der Waals surface area contributed by atoms with Crippen molar-refractivity contribution in [2.75, 3.05) is 34.3 Å². The van der Waals surface area contributed by atoms with Gasteiger partial charge >= 0.3 is 0 Å². The van der Waals surface area contributed by atoms with Crippen molar-refractivity contribution in [3.8, 4) is 0 Å². The average molecular weight is 347 g/mol. The Balaban J connectivity index is 2.98. The fraction of sp³-hybridized carbons (Fsp3) is 0.786. The number of nitrogens with zero attached hydrogens (tertiary/aromatic N) is 3. The summed E-state index contributed by atoms with van der Waals surface area (Å²) in [6.45, 7) is 6.74. The highest BCUT2D eigenvalue weighted by molar-refractivity contribution is 9.10. The van der Waals surface area contributed by atoms with Crippen molar-refractivity contribution in [3.05, 3.63) is 16.4 Å². The Morgan fingerprint density at radius 1 is 1.45 bits per heavy atom. The Morgan fingerprint density at radius 2 is 2.15 bits per heavy atom. The number of hydrogen-bond donors (Lipinski definition) is 1. The van der Waals surface area contributed by atoms with Gasteiger partial charge in [0.2, 0.25) is 0 Å². The second kappa shape index (κ2) is 8.77. The van der Waals surface area contributed by atoms with E-state index in [9.17, 15) is 0 Å². The smallest absolute Gasteiger partial charge is 0.0782 e. The molecule has 20 heavy (non-hydrogen) atoms. The Labute approximate surface area is 130 Å². The van der Waals surface area contributed by atoms with Gasteiger partial charge in [-0.3, -0.25) is 4.68 Å². The van der Waals surface area contributed by atoms with Gasteiger partial charge in [-0.25, -0.2) is 0 Å². The Morgan fingerprint density at radius 3 is 2.65 bits per heavy atom. The summed E-state index contributed by atoms with van der Waals surface area (Å²) in [6, 6.07) is 0.138. The van der Waals surface area contributed by atoms with Gasteiger partial charge in [-0.1, -0.05) is 6.92 Å². The van der Waals surface area contributed by atoms with Gasteiger partial charge in [0, 0.05) is 13.2 Å². The van der Waals surface area contributed by atoms with Crippen LogP contribution in [0.4, 0.5) is 0 Å². The maximum absolute atomic E-state index is 5.87. The Hall–Kier alpha value is -0.430. The van der Waals surface area contributed by atoms with E-state index in [0.29, 0.717) is 0 Å². The zero-order valence-corrected chi connectivity index (χ0v) is 14.8. The molecule has 0 aliphatic heterocycles. The third-order valence-corrected chi connectivity index (χ3v) is 3.96. The Kier molecular flexibility index (Phi) is 7.72. The van der Waals surface area contributed by atoms with Crippen LogP contribution in [0.1, 0.15) is 32.0 Å². The van der Waals surface area contributed by atoms with E-state index >= 15 is 0 Å². The largest absolute Gasteiger partial charge is 0.376 e. The van der Waals surface area contributed by atoms with Gasteiger partial charge in [-0.2, -0.15) is 5.10 Å². The lowest BCUT2D eigenvalue weighted by Gasteiger charge is -2.27. The van der Waals surface area contributed by atoms with Crippen LogP contribution in [0.2, 0.25) is 0 Å². The van der Waals surface area contributed by atoms with E-state index < -0.39 is 0 Å². The van der Waals surface area contributed by atoms with Crippen LogP contribution < -0.4 is 5.32 Å². The maximum Gasteiger partial charge on any atom is 0.0782 e. The van der Waals surface area contributed by atoms with Gasteiger partial charge in [0.1, 0.15) is 0 Å². The zero-order valence-electron chi connectivity index (χ0n) is 13.2. The number of ether oxygens (including phenoxy) is 1. The fourth-order valence-electron chi connectivity index (χ4n) is 2.32. The van der Waals surface area contributed by atoms with Gasteiger partial charge in [0.05, 0.1) is 35.1 Å². The molecule has 2 atom stereocenters. The van der Waals surface area contributed by atoms with Crippen LogP contribution >= 0.6 is 15.9 Å². The highest BCUT2D eigenvalue weighted by Gasteiger charge is 2.26. The summed E-state index contributed by atoms with van der Waals surface area (Å²) in [6.07, 6.45) is 2.98. The standard InChI is InChI=1S/C14H27BrN4O/c1-6-12(20-7-2)13(16-3)14-11(15)10-17-19(14)9-8-18(4)5/h10,12-13,16H,6-9H2,1-5H3. The molecule has 0 amide bonds. The molecular weight excluding hydrogens is 320 g/mol. The highest BCUT2D eigenvalue weighted by Crippen LogP contribution is 2.28. The topological polar surface area (TPSA) is 42.3 Å². The summed E-state index contributed by atoms with van der Waals surface area (Å²) >= 11 is 3.62. The van der Waals surface area contributed by atoms with Gasteiger partial charge in [-0.05, 0) is 50.4 Å². The molecule has 1 aromatic heterocycles. The summed E-state index contributed by atoms with van der Waals surface area (Å²) < 4.78 is 8.97. The van der Waals surface area contributed by atoms with Crippen molar-refractivity contribution in [1.82, 2.24) is 20.0 Å². The third-order valence-electron chi connectivity index (χ3n) is 3.35. The van der Waals surface area contributed by atoms with E-state index in [0.717, 1.165) is 36.3 Å². The molecular formula is C14H27BrN4O. The van der Waals surface area contributed by atoms with E-state index in [-0.39, 0.29) is 12.1 Å². The normalized spacial score (nSPS) is 14.8. The number of likely N-dealkylation sites (N-methyl/N-ethyl adjacent to an activating group) is 2. The summed E-state index contributed by atoms with van der Waals surface area (Å²) in [4.78, 5) is 2.16. The van der Waals surface area contributed by atoms with Gasteiger partial charge in [0.15, 0.2) is 0 Å². The van der Waals surface area contributed by atoms with Crippen molar-refractivity contribution in [2.24, 2.45) is 0 Å². The van der Waals surface area contributed by atoms with E-state index in [1.54, 1.807) is 0 Å². The molecule has 5 nitrogen and oxygen atoms in total. The molecule has 0 aliphatic carbocycles. The van der Waals surface area contributed by atoms with E-state index in [1.807, 2.05) is 20.2 Å². The van der Waals surface area contributed by atoms with Crippen LogP contribution in [0.15, 0.2) is 10.7 Å². The van der Waals surface area contributed by atoms with Crippen molar-refractivity contribution in [2.45, 2.75) is 39.0 Å². The minimum atomic E-state index is 0.138. The lowest BCUT2D eigenvalue weighted by atomic mass is 10.1. The summed E-state index contributed by atoms with van der Waals surface area (Å²) in [5.41, 5.74) is 1.16.